The van der Waals surface area contributed by atoms with Crippen molar-refractivity contribution in [3.63, 3.8) is 0 Å². The number of thioether (sulfide) groups is 1. The fourth-order valence-electron chi connectivity index (χ4n) is 1.92. The minimum Gasteiger partial charge on any atom is -0.465 e. The van der Waals surface area contributed by atoms with E-state index in [1.807, 2.05) is 30.5 Å². The second kappa shape index (κ2) is 6.33. The van der Waals surface area contributed by atoms with Gasteiger partial charge in [0.05, 0.1) is 18.0 Å². The van der Waals surface area contributed by atoms with Crippen LogP contribution in [0.15, 0.2) is 40.9 Å². The van der Waals surface area contributed by atoms with Gasteiger partial charge in [-0.1, -0.05) is 23.9 Å². The van der Waals surface area contributed by atoms with E-state index in [-0.39, 0.29) is 0 Å². The van der Waals surface area contributed by atoms with Crippen molar-refractivity contribution in [2.24, 2.45) is 0 Å². The molecule has 0 bridgehead atoms. The molecule has 0 fully saturated rings. The van der Waals surface area contributed by atoms with Crippen LogP contribution in [0, 0.1) is 0 Å². The van der Waals surface area contributed by atoms with Gasteiger partial charge in [0.25, 0.3) is 0 Å². The number of thiophene rings is 1. The Balaban J connectivity index is 2.07. The number of ether oxygens (including phenoxy) is 2. The highest BCUT2D eigenvalue weighted by Gasteiger charge is 2.17. The zero-order valence-electron chi connectivity index (χ0n) is 11.9. The van der Waals surface area contributed by atoms with Crippen LogP contribution in [0.25, 0.3) is 10.9 Å². The van der Waals surface area contributed by atoms with Crippen LogP contribution < -0.4 is 4.74 Å². The Labute approximate surface area is 135 Å². The first-order valence-electron chi connectivity index (χ1n) is 6.37. The van der Waals surface area contributed by atoms with Crippen molar-refractivity contribution in [3.8, 4) is 11.6 Å². The Bertz CT molecular complexity index is 833. The van der Waals surface area contributed by atoms with Gasteiger partial charge in [0.1, 0.15) is 0 Å². The molecular formula is C15H12N2O3S2. The van der Waals surface area contributed by atoms with Crippen molar-refractivity contribution < 1.29 is 14.3 Å². The molecule has 2 heterocycles. The molecule has 0 amide bonds. The van der Waals surface area contributed by atoms with Gasteiger partial charge < -0.3 is 9.47 Å². The summed E-state index contributed by atoms with van der Waals surface area (Å²) in [6.07, 6.45) is 1.90. The summed E-state index contributed by atoms with van der Waals surface area (Å²) in [4.78, 5) is 21.0. The van der Waals surface area contributed by atoms with Gasteiger partial charge in [-0.2, -0.15) is 4.98 Å². The van der Waals surface area contributed by atoms with Crippen LogP contribution >= 0.6 is 23.1 Å². The molecule has 0 spiro atoms. The van der Waals surface area contributed by atoms with Crippen LogP contribution in [0.5, 0.6) is 11.6 Å². The van der Waals surface area contributed by atoms with Crippen LogP contribution in [0.1, 0.15) is 9.67 Å². The van der Waals surface area contributed by atoms with E-state index >= 15 is 0 Å². The lowest BCUT2D eigenvalue weighted by atomic mass is 10.2. The second-order valence-electron chi connectivity index (χ2n) is 4.24. The highest BCUT2D eigenvalue weighted by atomic mass is 32.2. The van der Waals surface area contributed by atoms with E-state index in [2.05, 4.69) is 9.97 Å². The molecule has 22 heavy (non-hydrogen) atoms. The minimum absolute atomic E-state index is 0.413. The third kappa shape index (κ3) is 2.77. The number of hydrogen-bond donors (Lipinski definition) is 0. The summed E-state index contributed by atoms with van der Waals surface area (Å²) in [5.74, 6) is 0.444. The van der Waals surface area contributed by atoms with E-state index in [9.17, 15) is 4.79 Å². The van der Waals surface area contributed by atoms with Crippen LogP contribution in [0.4, 0.5) is 0 Å². The lowest BCUT2D eigenvalue weighted by Crippen LogP contribution is -2.01. The van der Waals surface area contributed by atoms with E-state index < -0.39 is 5.97 Å². The van der Waals surface area contributed by atoms with Crippen LogP contribution in [0.3, 0.4) is 0 Å². The molecule has 7 heteroatoms. The van der Waals surface area contributed by atoms with Gasteiger partial charge >= 0.3 is 5.97 Å². The summed E-state index contributed by atoms with van der Waals surface area (Å²) in [6.45, 7) is 0. The predicted molar refractivity (Wildman–Crippen MR) is 87.1 cm³/mol. The average molecular weight is 332 g/mol. The Morgan fingerprint density at radius 2 is 2.05 bits per heavy atom. The fourth-order valence-corrected chi connectivity index (χ4v) is 3.02. The van der Waals surface area contributed by atoms with Gasteiger partial charge in [0.2, 0.25) is 5.88 Å². The molecule has 0 unspecified atom stereocenters. The molecule has 5 nitrogen and oxygen atoms in total. The van der Waals surface area contributed by atoms with Crippen molar-refractivity contribution in [1.82, 2.24) is 9.97 Å². The van der Waals surface area contributed by atoms with Crippen LogP contribution in [-0.4, -0.2) is 29.3 Å². The maximum atomic E-state index is 11.7. The number of fused-ring (bicyclic) bond motifs is 1. The Morgan fingerprint density at radius 1 is 1.23 bits per heavy atom. The van der Waals surface area contributed by atoms with Gasteiger partial charge in [-0.3, -0.25) is 0 Å². The van der Waals surface area contributed by atoms with Crippen molar-refractivity contribution in [2.45, 2.75) is 5.16 Å². The first-order valence-corrected chi connectivity index (χ1v) is 8.48. The van der Waals surface area contributed by atoms with Crippen LogP contribution in [0.2, 0.25) is 0 Å². The Kier molecular flexibility index (Phi) is 4.26. The molecule has 3 aromatic rings. The average Bonchev–Trinajstić information content (AvgIpc) is 3.02. The summed E-state index contributed by atoms with van der Waals surface area (Å²) in [7, 11) is 1.34. The molecule has 0 saturated carbocycles. The van der Waals surface area contributed by atoms with Gasteiger partial charge in [-0.15, -0.1) is 11.3 Å². The first-order chi connectivity index (χ1) is 10.7. The van der Waals surface area contributed by atoms with Crippen molar-refractivity contribution >= 4 is 40.0 Å². The summed E-state index contributed by atoms with van der Waals surface area (Å²) >= 11 is 2.70. The third-order valence-electron chi connectivity index (χ3n) is 2.94. The molecule has 112 valence electrons. The number of carbonyl (C=O) groups excluding carboxylic acids is 1. The number of hydrogen-bond acceptors (Lipinski definition) is 7. The lowest BCUT2D eigenvalue weighted by molar-refractivity contribution is 0.0603. The molecule has 0 saturated heterocycles. The van der Waals surface area contributed by atoms with E-state index in [0.29, 0.717) is 21.7 Å². The molecule has 0 radical (unpaired) electrons. The molecule has 1 aromatic carbocycles. The van der Waals surface area contributed by atoms with Gasteiger partial charge in [-0.25, -0.2) is 9.78 Å². The summed E-state index contributed by atoms with van der Waals surface area (Å²) in [5.41, 5.74) is 0.798. The lowest BCUT2D eigenvalue weighted by Gasteiger charge is -2.09. The topological polar surface area (TPSA) is 61.3 Å². The van der Waals surface area contributed by atoms with E-state index in [0.717, 1.165) is 10.9 Å². The smallest absolute Gasteiger partial charge is 0.351 e. The molecule has 2 aromatic heterocycles. The molecule has 0 N–H and O–H groups in total. The van der Waals surface area contributed by atoms with Crippen LogP contribution in [-0.2, 0) is 4.74 Å². The number of para-hydroxylation sites is 1. The predicted octanol–water partition coefficient (Wildman–Crippen LogP) is 3.99. The molecule has 0 atom stereocenters. The van der Waals surface area contributed by atoms with E-state index in [1.54, 1.807) is 11.4 Å². The summed E-state index contributed by atoms with van der Waals surface area (Å²) in [6, 6.07) is 9.32. The largest absolute Gasteiger partial charge is 0.465 e. The molecular weight excluding hydrogens is 320 g/mol. The maximum Gasteiger partial charge on any atom is 0.351 e. The van der Waals surface area contributed by atoms with Gasteiger partial charge in [-0.05, 0) is 29.8 Å². The number of nitrogens with zero attached hydrogens (tertiary/aromatic N) is 2. The molecule has 0 aliphatic carbocycles. The highest BCUT2D eigenvalue weighted by Crippen LogP contribution is 2.33. The first kappa shape index (κ1) is 14.8. The molecule has 0 aliphatic rings. The fraction of sp³-hybridized carbons (Fsp3) is 0.133. The van der Waals surface area contributed by atoms with E-state index in [4.69, 9.17) is 9.47 Å². The van der Waals surface area contributed by atoms with E-state index in [1.165, 1.54) is 30.2 Å². The normalized spacial score (nSPS) is 10.6. The number of carbonyl (C=O) groups is 1. The zero-order valence-corrected chi connectivity index (χ0v) is 13.5. The molecule has 3 rings (SSSR count). The zero-order chi connectivity index (χ0) is 15.5. The number of rotatable bonds is 4. The quantitative estimate of drug-likeness (QED) is 0.409. The third-order valence-corrected chi connectivity index (χ3v) is 4.36. The van der Waals surface area contributed by atoms with Crippen molar-refractivity contribution in [1.29, 1.82) is 0 Å². The molecule has 0 aliphatic heterocycles. The van der Waals surface area contributed by atoms with Crippen molar-refractivity contribution in [3.05, 3.63) is 40.6 Å². The highest BCUT2D eigenvalue weighted by molar-refractivity contribution is 7.98. The SMILES string of the molecule is COC(=O)c1sccc1Oc1nc(SC)nc2ccccc12. The number of aromatic nitrogens is 2. The second-order valence-corrected chi connectivity index (χ2v) is 5.93. The number of benzene rings is 1. The maximum absolute atomic E-state index is 11.7. The Morgan fingerprint density at radius 3 is 2.82 bits per heavy atom. The summed E-state index contributed by atoms with van der Waals surface area (Å²) in [5, 5.41) is 3.19. The Hall–Kier alpha value is -2.12. The van der Waals surface area contributed by atoms with Gasteiger partial charge in [0.15, 0.2) is 15.8 Å². The standard InChI is InChI=1S/C15H12N2O3S2/c1-19-14(18)12-11(7-8-22-12)20-13-9-5-3-4-6-10(9)16-15(17-13)21-2/h3-8H,1-2H3. The van der Waals surface area contributed by atoms with Crippen molar-refractivity contribution in [2.75, 3.05) is 13.4 Å². The van der Waals surface area contributed by atoms with Gasteiger partial charge in [0, 0.05) is 0 Å². The monoisotopic (exact) mass is 332 g/mol. The minimum atomic E-state index is -0.423. The number of methoxy groups -OCH3 is 1. The number of esters is 1. The summed E-state index contributed by atoms with van der Waals surface area (Å²) < 4.78 is 10.6.